The molecule has 5 heteroatoms. The summed E-state index contributed by atoms with van der Waals surface area (Å²) in [6, 6.07) is 0. The fraction of sp³-hybridized carbons (Fsp3) is 0.938. The first kappa shape index (κ1) is 71.7. The number of carbonyl (C=O) groups is 1. The van der Waals surface area contributed by atoms with E-state index in [0.29, 0.717) is 12.5 Å². The first-order chi connectivity index (χ1) is 34.0. The van der Waals surface area contributed by atoms with E-state index >= 15 is 0 Å². The average Bonchev–Trinajstić information content (AvgIpc) is 3.35. The molecule has 0 rings (SSSR count). The summed E-state index contributed by atoms with van der Waals surface area (Å²) in [4.78, 5) is 16.0. The SMILES string of the molecule is C=C(OCCCCCCN(CCC[CH2-])CCCCCCOC(=O)C(CCCCCCCCCC)CCCCCCCCCCCC)C(CCCCCCCCCC)CCCCCCCCCCCC.[Mo]. The van der Waals surface area contributed by atoms with E-state index in [1.54, 1.807) is 0 Å². The summed E-state index contributed by atoms with van der Waals surface area (Å²) < 4.78 is 12.4. The van der Waals surface area contributed by atoms with Gasteiger partial charge in [0.25, 0.3) is 0 Å². The van der Waals surface area contributed by atoms with Gasteiger partial charge in [-0.05, 0) is 71.0 Å². The molecule has 0 bridgehead atoms. The van der Waals surface area contributed by atoms with E-state index in [4.69, 9.17) is 9.47 Å². The van der Waals surface area contributed by atoms with Crippen molar-refractivity contribution in [2.24, 2.45) is 11.8 Å². The van der Waals surface area contributed by atoms with E-state index in [2.05, 4.69) is 46.1 Å². The van der Waals surface area contributed by atoms with E-state index < -0.39 is 0 Å². The van der Waals surface area contributed by atoms with Crippen molar-refractivity contribution in [3.8, 4) is 0 Å². The molecule has 0 spiro atoms. The van der Waals surface area contributed by atoms with E-state index in [1.807, 2.05) is 0 Å². The Labute approximate surface area is 456 Å². The van der Waals surface area contributed by atoms with Crippen LogP contribution in [-0.2, 0) is 35.3 Å². The van der Waals surface area contributed by atoms with Crippen molar-refractivity contribution in [1.82, 2.24) is 4.90 Å². The van der Waals surface area contributed by atoms with Crippen LogP contribution in [0.5, 0.6) is 0 Å². The van der Waals surface area contributed by atoms with Crippen molar-refractivity contribution in [2.45, 2.75) is 349 Å². The molecule has 0 aromatic rings. The molecule has 2 atom stereocenters. The second kappa shape index (κ2) is 61.2. The fourth-order valence-corrected chi connectivity index (χ4v) is 10.5. The molecule has 0 fully saturated rings. The van der Waals surface area contributed by atoms with Gasteiger partial charge in [-0.15, -0.1) is 0 Å². The molecule has 2 unspecified atom stereocenters. The monoisotopic (exact) mass is 1070 g/mol. The molecule has 0 aromatic carbocycles. The van der Waals surface area contributed by atoms with Gasteiger partial charge in [0.15, 0.2) is 0 Å². The van der Waals surface area contributed by atoms with Crippen LogP contribution in [0.1, 0.15) is 349 Å². The Morgan fingerprint density at radius 3 is 0.943 bits per heavy atom. The maximum absolute atomic E-state index is 13.3. The molecule has 0 amide bonds. The molecule has 0 radical (unpaired) electrons. The van der Waals surface area contributed by atoms with E-state index in [1.165, 1.54) is 302 Å². The summed E-state index contributed by atoms with van der Waals surface area (Å²) in [6.07, 6.45) is 65.4. The molecular weight excluding hydrogens is 939 g/mol. The number of allylic oxidation sites excluding steroid dienone is 1. The predicted molar refractivity (Wildman–Crippen MR) is 308 cm³/mol. The molecular formula is C65H128MoNO3-. The normalized spacial score (nSPS) is 12.4. The molecule has 4 nitrogen and oxygen atoms in total. The Morgan fingerprint density at radius 2 is 0.614 bits per heavy atom. The summed E-state index contributed by atoms with van der Waals surface area (Å²) in [5.41, 5.74) is 0. The molecule has 0 saturated heterocycles. The number of nitrogens with zero attached hydrogens (tertiary/aromatic N) is 1. The molecule has 0 saturated carbocycles. The predicted octanol–water partition coefficient (Wildman–Crippen LogP) is 22.0. The van der Waals surface area contributed by atoms with Crippen LogP contribution in [0.4, 0.5) is 0 Å². The van der Waals surface area contributed by atoms with Gasteiger partial charge in [-0.1, -0.05) is 298 Å². The summed E-state index contributed by atoms with van der Waals surface area (Å²) in [7, 11) is 0. The Bertz CT molecular complexity index is 931. The zero-order valence-corrected chi connectivity index (χ0v) is 50.5. The van der Waals surface area contributed by atoms with Crippen LogP contribution in [0.3, 0.4) is 0 Å². The van der Waals surface area contributed by atoms with Crippen LogP contribution in [-0.4, -0.2) is 43.7 Å². The second-order valence-corrected chi connectivity index (χ2v) is 22.2. The van der Waals surface area contributed by atoms with Crippen LogP contribution in [0.15, 0.2) is 12.3 Å². The minimum Gasteiger partial charge on any atom is -0.498 e. The summed E-state index contributed by atoms with van der Waals surface area (Å²) in [5.74, 6) is 1.84. The van der Waals surface area contributed by atoms with Crippen molar-refractivity contribution >= 4 is 5.97 Å². The summed E-state index contributed by atoms with van der Waals surface area (Å²) in [6.45, 7) is 22.8. The Morgan fingerprint density at radius 1 is 0.357 bits per heavy atom. The number of ether oxygens (including phenoxy) is 2. The third-order valence-electron chi connectivity index (χ3n) is 15.4. The topological polar surface area (TPSA) is 38.8 Å². The number of esters is 1. The van der Waals surface area contributed by atoms with Gasteiger partial charge in [-0.3, -0.25) is 4.79 Å². The molecule has 0 aliphatic carbocycles. The summed E-state index contributed by atoms with van der Waals surface area (Å²) >= 11 is 0. The number of unbranched alkanes of at least 4 members (excludes halogenated alkanes) is 39. The van der Waals surface area contributed by atoms with E-state index in [-0.39, 0.29) is 33.0 Å². The third-order valence-corrected chi connectivity index (χ3v) is 15.4. The third kappa shape index (κ3) is 52.5. The van der Waals surface area contributed by atoms with E-state index in [0.717, 1.165) is 50.9 Å². The molecule has 0 aliphatic rings. The summed E-state index contributed by atoms with van der Waals surface area (Å²) in [5, 5.41) is 0. The quantitative estimate of drug-likeness (QED) is 0.0200. The minimum atomic E-state index is 0. The van der Waals surface area contributed by atoms with Gasteiger partial charge < -0.3 is 21.3 Å². The standard InChI is InChI=1S/C65H128NO3.Mo/c1-7-12-17-21-25-29-31-35-38-46-54-63(53-45-37-33-27-23-19-14-9-3)62(6)68-60-51-43-41-49-58-66(57-16-11-5)59-50-42-44-52-61-69-65(67)64(55-47-39-34-28-24-20-15-10-4)56-48-40-36-32-30-26-22-18-13-8-2;/h63-64H,5-61H2,1-4H3;/q-1;. The maximum atomic E-state index is 13.3. The van der Waals surface area contributed by atoms with Gasteiger partial charge >= 0.3 is 5.97 Å². The molecule has 0 heterocycles. The molecule has 0 N–H and O–H groups in total. The van der Waals surface area contributed by atoms with Gasteiger partial charge in [0.05, 0.1) is 24.9 Å². The van der Waals surface area contributed by atoms with Crippen LogP contribution < -0.4 is 0 Å². The minimum absolute atomic E-state index is 0. The number of rotatable bonds is 60. The van der Waals surface area contributed by atoms with Crippen molar-refractivity contribution in [3.63, 3.8) is 0 Å². The average molecular weight is 1070 g/mol. The van der Waals surface area contributed by atoms with Gasteiger partial charge in [0, 0.05) is 27.0 Å². The Kier molecular flexibility index (Phi) is 62.7. The molecule has 418 valence electrons. The van der Waals surface area contributed by atoms with Crippen molar-refractivity contribution in [2.75, 3.05) is 32.8 Å². The van der Waals surface area contributed by atoms with Crippen LogP contribution in [0.25, 0.3) is 0 Å². The fourth-order valence-electron chi connectivity index (χ4n) is 10.5. The number of hydrogen-bond acceptors (Lipinski definition) is 4. The molecule has 70 heavy (non-hydrogen) atoms. The van der Waals surface area contributed by atoms with Crippen LogP contribution in [0, 0.1) is 18.8 Å². The van der Waals surface area contributed by atoms with Crippen molar-refractivity contribution < 1.29 is 35.3 Å². The molecule has 0 aromatic heterocycles. The second-order valence-electron chi connectivity index (χ2n) is 22.2. The molecule has 0 aliphatic heterocycles. The Balaban J connectivity index is 0. The zero-order chi connectivity index (χ0) is 50.2. The van der Waals surface area contributed by atoms with Gasteiger partial charge in [0.1, 0.15) is 0 Å². The zero-order valence-electron chi connectivity index (χ0n) is 48.5. The van der Waals surface area contributed by atoms with Crippen LogP contribution >= 0.6 is 0 Å². The van der Waals surface area contributed by atoms with Gasteiger partial charge in [-0.25, -0.2) is 0 Å². The number of carbonyl (C=O) groups excluding carboxylic acids is 1. The van der Waals surface area contributed by atoms with Crippen molar-refractivity contribution in [3.05, 3.63) is 19.3 Å². The number of hydrogen-bond donors (Lipinski definition) is 0. The van der Waals surface area contributed by atoms with Gasteiger partial charge in [0.2, 0.25) is 0 Å². The maximum Gasteiger partial charge on any atom is 0.308 e. The Hall–Kier alpha value is -0.342. The first-order valence-electron chi connectivity index (χ1n) is 32.0. The smallest absolute Gasteiger partial charge is 0.308 e. The first-order valence-corrected chi connectivity index (χ1v) is 32.0. The van der Waals surface area contributed by atoms with E-state index in [9.17, 15) is 4.79 Å². The van der Waals surface area contributed by atoms with Gasteiger partial charge in [-0.2, -0.15) is 6.42 Å². The largest absolute Gasteiger partial charge is 0.498 e. The van der Waals surface area contributed by atoms with Crippen molar-refractivity contribution in [1.29, 1.82) is 0 Å². The van der Waals surface area contributed by atoms with Crippen LogP contribution in [0.2, 0.25) is 0 Å².